The third-order valence-corrected chi connectivity index (χ3v) is 4.49. The fourth-order valence-electron chi connectivity index (χ4n) is 3.07. The first kappa shape index (κ1) is 16.5. The SMILES string of the molecule is CCc1cc(C(=O)N2CCC(c3cc(N(C)C)cc(C)n3)C2)no1. The third-order valence-electron chi connectivity index (χ3n) is 4.49. The van der Waals surface area contributed by atoms with Gasteiger partial charge in [0.15, 0.2) is 5.69 Å². The van der Waals surface area contributed by atoms with Crippen molar-refractivity contribution in [2.24, 2.45) is 0 Å². The van der Waals surface area contributed by atoms with Crippen LogP contribution in [0.4, 0.5) is 5.69 Å². The van der Waals surface area contributed by atoms with Gasteiger partial charge in [-0.2, -0.15) is 0 Å². The largest absolute Gasteiger partial charge is 0.378 e. The number of pyridine rings is 1. The van der Waals surface area contributed by atoms with Gasteiger partial charge in [0.1, 0.15) is 5.76 Å². The van der Waals surface area contributed by atoms with Crippen LogP contribution in [0.15, 0.2) is 22.7 Å². The first-order valence-corrected chi connectivity index (χ1v) is 8.38. The Labute approximate surface area is 142 Å². The summed E-state index contributed by atoms with van der Waals surface area (Å²) in [6.45, 7) is 5.39. The highest BCUT2D eigenvalue weighted by Crippen LogP contribution is 2.29. The molecule has 6 nitrogen and oxygen atoms in total. The molecule has 1 fully saturated rings. The second-order valence-electron chi connectivity index (χ2n) is 6.55. The summed E-state index contributed by atoms with van der Waals surface area (Å²) in [5.74, 6) is 0.955. The number of amides is 1. The van der Waals surface area contributed by atoms with Gasteiger partial charge < -0.3 is 14.3 Å². The predicted molar refractivity (Wildman–Crippen MR) is 92.4 cm³/mol. The number of aromatic nitrogens is 2. The topological polar surface area (TPSA) is 62.5 Å². The molecular weight excluding hydrogens is 304 g/mol. The summed E-state index contributed by atoms with van der Waals surface area (Å²) in [4.78, 5) is 21.2. The van der Waals surface area contributed by atoms with Gasteiger partial charge in [0, 0.05) is 62.7 Å². The van der Waals surface area contributed by atoms with Gasteiger partial charge in [0.2, 0.25) is 0 Å². The van der Waals surface area contributed by atoms with E-state index >= 15 is 0 Å². The van der Waals surface area contributed by atoms with Gasteiger partial charge in [-0.05, 0) is 25.5 Å². The zero-order valence-electron chi connectivity index (χ0n) is 14.7. The minimum atomic E-state index is -0.0542. The minimum Gasteiger partial charge on any atom is -0.378 e. The maximum Gasteiger partial charge on any atom is 0.276 e. The Morgan fingerprint density at radius 2 is 2.17 bits per heavy atom. The summed E-state index contributed by atoms with van der Waals surface area (Å²) in [5, 5.41) is 3.89. The van der Waals surface area contributed by atoms with Crippen LogP contribution in [0.25, 0.3) is 0 Å². The fraction of sp³-hybridized carbons (Fsp3) is 0.500. The molecule has 0 radical (unpaired) electrons. The lowest BCUT2D eigenvalue weighted by molar-refractivity contribution is 0.0780. The Hall–Kier alpha value is -2.37. The summed E-state index contributed by atoms with van der Waals surface area (Å²) in [7, 11) is 4.05. The van der Waals surface area contributed by atoms with Crippen molar-refractivity contribution in [2.75, 3.05) is 32.1 Å². The van der Waals surface area contributed by atoms with Gasteiger partial charge in [-0.1, -0.05) is 12.1 Å². The van der Waals surface area contributed by atoms with Crippen LogP contribution in [0.5, 0.6) is 0 Å². The summed E-state index contributed by atoms with van der Waals surface area (Å²) >= 11 is 0. The molecule has 0 aliphatic carbocycles. The molecule has 1 unspecified atom stereocenters. The molecule has 0 spiro atoms. The Balaban J connectivity index is 1.74. The van der Waals surface area contributed by atoms with E-state index in [2.05, 4.69) is 27.2 Å². The highest BCUT2D eigenvalue weighted by Gasteiger charge is 2.30. The summed E-state index contributed by atoms with van der Waals surface area (Å²) < 4.78 is 5.15. The van der Waals surface area contributed by atoms with Gasteiger partial charge in [-0.25, -0.2) is 0 Å². The van der Waals surface area contributed by atoms with Crippen LogP contribution in [-0.2, 0) is 6.42 Å². The van der Waals surface area contributed by atoms with Crippen LogP contribution in [-0.4, -0.2) is 48.1 Å². The smallest absolute Gasteiger partial charge is 0.276 e. The van der Waals surface area contributed by atoms with Gasteiger partial charge in [0.05, 0.1) is 0 Å². The van der Waals surface area contributed by atoms with Crippen molar-refractivity contribution in [3.05, 3.63) is 41.0 Å². The van der Waals surface area contributed by atoms with E-state index in [4.69, 9.17) is 4.52 Å². The Morgan fingerprint density at radius 1 is 1.38 bits per heavy atom. The van der Waals surface area contributed by atoms with Crippen molar-refractivity contribution >= 4 is 11.6 Å². The molecular formula is C18H24N4O2. The van der Waals surface area contributed by atoms with Crippen molar-refractivity contribution in [1.29, 1.82) is 0 Å². The fourth-order valence-corrected chi connectivity index (χ4v) is 3.07. The number of anilines is 1. The molecule has 0 N–H and O–H groups in total. The second kappa shape index (κ2) is 6.63. The van der Waals surface area contributed by atoms with E-state index < -0.39 is 0 Å². The number of hydrogen-bond acceptors (Lipinski definition) is 5. The number of carbonyl (C=O) groups is 1. The number of likely N-dealkylation sites (tertiary alicyclic amines) is 1. The summed E-state index contributed by atoms with van der Waals surface area (Å²) in [6, 6.07) is 5.94. The van der Waals surface area contributed by atoms with Crippen molar-refractivity contribution in [2.45, 2.75) is 32.6 Å². The molecule has 1 aliphatic heterocycles. The first-order chi connectivity index (χ1) is 11.5. The maximum absolute atomic E-state index is 12.6. The van der Waals surface area contributed by atoms with Gasteiger partial charge >= 0.3 is 0 Å². The molecule has 1 saturated heterocycles. The van der Waals surface area contributed by atoms with Gasteiger partial charge in [-0.15, -0.1) is 0 Å². The van der Waals surface area contributed by atoms with Gasteiger partial charge in [-0.3, -0.25) is 9.78 Å². The number of carbonyl (C=O) groups excluding carboxylic acids is 1. The molecule has 0 aromatic carbocycles. The number of rotatable bonds is 4. The molecule has 1 aliphatic rings. The van der Waals surface area contributed by atoms with E-state index in [1.165, 1.54) is 0 Å². The highest BCUT2D eigenvalue weighted by molar-refractivity contribution is 5.92. The average Bonchev–Trinajstić information content (AvgIpc) is 3.23. The Kier molecular flexibility index (Phi) is 4.55. The van der Waals surface area contributed by atoms with Crippen molar-refractivity contribution in [3.63, 3.8) is 0 Å². The van der Waals surface area contributed by atoms with E-state index in [1.807, 2.05) is 32.8 Å². The van der Waals surface area contributed by atoms with E-state index in [9.17, 15) is 4.79 Å². The molecule has 2 aromatic rings. The van der Waals surface area contributed by atoms with Crippen molar-refractivity contribution in [1.82, 2.24) is 15.0 Å². The number of nitrogens with zero attached hydrogens (tertiary/aromatic N) is 4. The summed E-state index contributed by atoms with van der Waals surface area (Å²) in [5.41, 5.74) is 3.61. The molecule has 6 heteroatoms. The van der Waals surface area contributed by atoms with Crippen LogP contribution in [0.2, 0.25) is 0 Å². The molecule has 1 atom stereocenters. The Morgan fingerprint density at radius 3 is 2.83 bits per heavy atom. The lowest BCUT2D eigenvalue weighted by atomic mass is 10.0. The van der Waals surface area contributed by atoms with E-state index in [1.54, 1.807) is 6.07 Å². The van der Waals surface area contributed by atoms with Crippen LogP contribution in [0, 0.1) is 6.92 Å². The molecule has 1 amide bonds. The van der Waals surface area contributed by atoms with Crippen LogP contribution in [0.3, 0.4) is 0 Å². The molecule has 24 heavy (non-hydrogen) atoms. The molecule has 0 bridgehead atoms. The maximum atomic E-state index is 12.6. The lowest BCUT2D eigenvalue weighted by Crippen LogP contribution is -2.28. The molecule has 2 aromatic heterocycles. The first-order valence-electron chi connectivity index (χ1n) is 8.38. The standard InChI is InChI=1S/C18H24N4O2/c1-5-15-10-17(20-24-15)18(23)22-7-6-13(11-22)16-9-14(21(3)4)8-12(2)19-16/h8-10,13H,5-7,11H2,1-4H3. The number of hydrogen-bond donors (Lipinski definition) is 0. The molecule has 3 heterocycles. The number of aryl methyl sites for hydroxylation is 2. The zero-order chi connectivity index (χ0) is 17.3. The minimum absolute atomic E-state index is 0.0542. The van der Waals surface area contributed by atoms with Crippen molar-refractivity contribution in [3.8, 4) is 0 Å². The highest BCUT2D eigenvalue weighted by atomic mass is 16.5. The average molecular weight is 328 g/mol. The second-order valence-corrected chi connectivity index (χ2v) is 6.55. The normalized spacial score (nSPS) is 17.3. The van der Waals surface area contributed by atoms with Crippen LogP contribution < -0.4 is 4.90 Å². The van der Waals surface area contributed by atoms with Gasteiger partial charge in [0.25, 0.3) is 5.91 Å². The van der Waals surface area contributed by atoms with E-state index in [0.717, 1.165) is 42.2 Å². The van der Waals surface area contributed by atoms with E-state index in [-0.39, 0.29) is 11.8 Å². The summed E-state index contributed by atoms with van der Waals surface area (Å²) in [6.07, 6.45) is 1.66. The molecule has 0 saturated carbocycles. The molecule has 3 rings (SSSR count). The monoisotopic (exact) mass is 328 g/mol. The molecule has 128 valence electrons. The lowest BCUT2D eigenvalue weighted by Gasteiger charge is -2.18. The third kappa shape index (κ3) is 3.27. The van der Waals surface area contributed by atoms with Crippen LogP contribution in [0.1, 0.15) is 46.9 Å². The van der Waals surface area contributed by atoms with E-state index in [0.29, 0.717) is 12.2 Å². The Bertz CT molecular complexity index is 738. The quantitative estimate of drug-likeness (QED) is 0.863. The van der Waals surface area contributed by atoms with Crippen LogP contribution >= 0.6 is 0 Å². The predicted octanol–water partition coefficient (Wildman–Crippen LogP) is 2.64. The van der Waals surface area contributed by atoms with Crippen molar-refractivity contribution < 1.29 is 9.32 Å². The zero-order valence-corrected chi connectivity index (χ0v) is 14.7.